The molecule has 0 aliphatic carbocycles. The molecule has 0 amide bonds. The first-order valence-corrected chi connectivity index (χ1v) is 5.15. The molecule has 0 saturated carbocycles. The van der Waals surface area contributed by atoms with Crippen molar-refractivity contribution in [2.75, 3.05) is 6.54 Å². The summed E-state index contributed by atoms with van der Waals surface area (Å²) in [6.45, 7) is -0.582. The first-order valence-electron chi connectivity index (χ1n) is 4.36. The second-order valence-electron chi connectivity index (χ2n) is 3.19. The van der Waals surface area contributed by atoms with Gasteiger partial charge >= 0.3 is 0 Å². The summed E-state index contributed by atoms with van der Waals surface area (Å²) < 4.78 is 26.5. The number of hydrogen-bond acceptors (Lipinski definition) is 1. The van der Waals surface area contributed by atoms with Crippen molar-refractivity contribution in [3.8, 4) is 0 Å². The smallest absolute Gasteiger partial charge is 0.260 e. The monoisotopic (exact) mass is 263 g/mol. The number of alkyl halides is 2. The van der Waals surface area contributed by atoms with Crippen LogP contribution in [0.5, 0.6) is 0 Å². The predicted octanol–water partition coefficient (Wildman–Crippen LogP) is 2.98. The van der Waals surface area contributed by atoms with Crippen molar-refractivity contribution in [3.63, 3.8) is 0 Å². The summed E-state index contributed by atoms with van der Waals surface area (Å²) in [4.78, 5) is 0. The molecule has 14 heavy (non-hydrogen) atoms. The van der Waals surface area contributed by atoms with E-state index in [1.54, 1.807) is 0 Å². The van der Waals surface area contributed by atoms with E-state index in [0.717, 1.165) is 10.0 Å². The maximum atomic E-state index is 12.8. The van der Waals surface area contributed by atoms with Crippen molar-refractivity contribution in [2.24, 2.45) is 5.73 Å². The Kier molecular flexibility index (Phi) is 4.01. The van der Waals surface area contributed by atoms with Gasteiger partial charge in [-0.1, -0.05) is 28.1 Å². The molecule has 0 atom stereocenters. The second-order valence-corrected chi connectivity index (χ2v) is 4.11. The molecule has 0 unspecified atom stereocenters. The fourth-order valence-corrected chi connectivity index (χ4v) is 1.57. The van der Waals surface area contributed by atoms with Crippen molar-refractivity contribution >= 4 is 15.9 Å². The molecule has 4 heteroatoms. The molecule has 0 aromatic heterocycles. The fraction of sp³-hybridized carbons (Fsp3) is 0.400. The van der Waals surface area contributed by atoms with Crippen molar-refractivity contribution in [1.82, 2.24) is 0 Å². The van der Waals surface area contributed by atoms with Crippen LogP contribution < -0.4 is 5.73 Å². The van der Waals surface area contributed by atoms with Crippen LogP contribution in [0.4, 0.5) is 8.78 Å². The minimum Gasteiger partial charge on any atom is -0.325 e. The molecule has 0 heterocycles. The molecule has 1 nitrogen and oxygen atoms in total. The SMILES string of the molecule is NCC(F)(F)CCc1cccc(Br)c1. The summed E-state index contributed by atoms with van der Waals surface area (Å²) in [5, 5.41) is 0. The molecule has 0 bridgehead atoms. The molecule has 0 radical (unpaired) electrons. The largest absolute Gasteiger partial charge is 0.325 e. The Morgan fingerprint density at radius 2 is 2.07 bits per heavy atom. The second kappa shape index (κ2) is 4.84. The topological polar surface area (TPSA) is 26.0 Å². The summed E-state index contributed by atoms with van der Waals surface area (Å²) in [7, 11) is 0. The zero-order valence-electron chi connectivity index (χ0n) is 7.64. The van der Waals surface area contributed by atoms with Gasteiger partial charge in [0.15, 0.2) is 0 Å². The minimum atomic E-state index is -2.75. The van der Waals surface area contributed by atoms with Gasteiger partial charge in [0.1, 0.15) is 0 Å². The van der Waals surface area contributed by atoms with Crippen molar-refractivity contribution in [1.29, 1.82) is 0 Å². The molecule has 78 valence electrons. The predicted molar refractivity (Wildman–Crippen MR) is 56.5 cm³/mol. The zero-order valence-corrected chi connectivity index (χ0v) is 9.23. The van der Waals surface area contributed by atoms with Crippen LogP contribution in [0.15, 0.2) is 28.7 Å². The van der Waals surface area contributed by atoms with Gasteiger partial charge in [0.05, 0.1) is 6.54 Å². The van der Waals surface area contributed by atoms with Crippen LogP contribution in [0.25, 0.3) is 0 Å². The number of aryl methyl sites for hydroxylation is 1. The molecule has 0 aliphatic heterocycles. The van der Waals surface area contributed by atoms with E-state index < -0.39 is 12.5 Å². The van der Waals surface area contributed by atoms with Gasteiger partial charge in [-0.3, -0.25) is 0 Å². The first-order chi connectivity index (χ1) is 6.53. The van der Waals surface area contributed by atoms with Gasteiger partial charge in [-0.15, -0.1) is 0 Å². The number of hydrogen-bond donors (Lipinski definition) is 1. The lowest BCUT2D eigenvalue weighted by atomic mass is 10.1. The highest BCUT2D eigenvalue weighted by Gasteiger charge is 2.25. The van der Waals surface area contributed by atoms with Gasteiger partial charge in [0.25, 0.3) is 5.92 Å². The van der Waals surface area contributed by atoms with Crippen molar-refractivity contribution in [3.05, 3.63) is 34.3 Å². The minimum absolute atomic E-state index is 0.194. The Morgan fingerprint density at radius 3 is 2.64 bits per heavy atom. The highest BCUT2D eigenvalue weighted by Crippen LogP contribution is 2.20. The van der Waals surface area contributed by atoms with Gasteiger partial charge in [-0.05, 0) is 24.1 Å². The molecule has 0 fully saturated rings. The Hall–Kier alpha value is -0.480. The summed E-state index contributed by atoms with van der Waals surface area (Å²) in [5.74, 6) is -2.75. The maximum Gasteiger partial charge on any atom is 0.260 e. The normalized spacial score (nSPS) is 11.7. The summed E-state index contributed by atoms with van der Waals surface area (Å²) >= 11 is 3.29. The van der Waals surface area contributed by atoms with Crippen LogP contribution in [0, 0.1) is 0 Å². The summed E-state index contributed by atoms with van der Waals surface area (Å²) in [6, 6.07) is 7.37. The van der Waals surface area contributed by atoms with E-state index in [4.69, 9.17) is 5.73 Å². The van der Waals surface area contributed by atoms with Crippen LogP contribution >= 0.6 is 15.9 Å². The van der Waals surface area contributed by atoms with Gasteiger partial charge in [0, 0.05) is 10.9 Å². The third kappa shape index (κ3) is 3.72. The van der Waals surface area contributed by atoms with Crippen LogP contribution in [-0.4, -0.2) is 12.5 Å². The lowest BCUT2D eigenvalue weighted by Crippen LogP contribution is -2.28. The highest BCUT2D eigenvalue weighted by molar-refractivity contribution is 9.10. The molecular formula is C10H12BrF2N. The molecule has 0 aliphatic rings. The zero-order chi connectivity index (χ0) is 10.6. The van der Waals surface area contributed by atoms with Crippen molar-refractivity contribution in [2.45, 2.75) is 18.8 Å². The van der Waals surface area contributed by atoms with Gasteiger partial charge < -0.3 is 5.73 Å². The first kappa shape index (κ1) is 11.6. The summed E-state index contributed by atoms with van der Waals surface area (Å²) in [5.41, 5.74) is 5.84. The van der Waals surface area contributed by atoms with E-state index in [9.17, 15) is 8.78 Å². The van der Waals surface area contributed by atoms with Crippen LogP contribution in [0.3, 0.4) is 0 Å². The van der Waals surface area contributed by atoms with Gasteiger partial charge in [0.2, 0.25) is 0 Å². The maximum absolute atomic E-state index is 12.8. The molecule has 1 rings (SSSR count). The molecule has 1 aromatic rings. The average Bonchev–Trinajstić information content (AvgIpc) is 2.15. The van der Waals surface area contributed by atoms with Gasteiger partial charge in [-0.25, -0.2) is 8.78 Å². The molecule has 1 aromatic carbocycles. The van der Waals surface area contributed by atoms with E-state index in [1.165, 1.54) is 0 Å². The number of rotatable bonds is 4. The number of halogens is 3. The Labute approximate surface area is 90.4 Å². The summed E-state index contributed by atoms with van der Waals surface area (Å²) in [6.07, 6.45) is 0.156. The van der Waals surface area contributed by atoms with Crippen molar-refractivity contribution < 1.29 is 8.78 Å². The average molecular weight is 264 g/mol. The molecule has 0 spiro atoms. The Balaban J connectivity index is 2.54. The van der Waals surface area contributed by atoms with Crippen LogP contribution in [0.2, 0.25) is 0 Å². The standard InChI is InChI=1S/C10H12BrF2N/c11-9-3-1-2-8(6-9)4-5-10(12,13)7-14/h1-3,6H,4-5,7,14H2. The van der Waals surface area contributed by atoms with Gasteiger partial charge in [-0.2, -0.15) is 0 Å². The molecule has 0 saturated heterocycles. The lowest BCUT2D eigenvalue weighted by molar-refractivity contribution is 0.00246. The third-order valence-corrected chi connectivity index (χ3v) is 2.46. The van der Waals surface area contributed by atoms with Crippen LogP contribution in [0.1, 0.15) is 12.0 Å². The fourth-order valence-electron chi connectivity index (χ4n) is 1.12. The van der Waals surface area contributed by atoms with E-state index in [1.807, 2.05) is 24.3 Å². The van der Waals surface area contributed by atoms with E-state index in [2.05, 4.69) is 15.9 Å². The molecule has 2 N–H and O–H groups in total. The van der Waals surface area contributed by atoms with Crippen LogP contribution in [-0.2, 0) is 6.42 Å². The third-order valence-electron chi connectivity index (χ3n) is 1.97. The molecular weight excluding hydrogens is 252 g/mol. The lowest BCUT2D eigenvalue weighted by Gasteiger charge is -2.13. The van der Waals surface area contributed by atoms with E-state index >= 15 is 0 Å². The number of benzene rings is 1. The highest BCUT2D eigenvalue weighted by atomic mass is 79.9. The Bertz CT molecular complexity index is 302. The number of nitrogens with two attached hydrogens (primary N) is 1. The Morgan fingerprint density at radius 1 is 1.36 bits per heavy atom. The van der Waals surface area contributed by atoms with E-state index in [-0.39, 0.29) is 6.42 Å². The quantitative estimate of drug-likeness (QED) is 0.888. The van der Waals surface area contributed by atoms with E-state index in [0.29, 0.717) is 6.42 Å².